The van der Waals surface area contributed by atoms with E-state index in [1.807, 2.05) is 41.0 Å². The molecule has 3 fully saturated rings. The Morgan fingerprint density at radius 2 is 1.74 bits per heavy atom. The van der Waals surface area contributed by atoms with Crippen LogP contribution < -0.4 is 0 Å². The van der Waals surface area contributed by atoms with Gasteiger partial charge in [-0.25, -0.2) is 0 Å². The summed E-state index contributed by atoms with van der Waals surface area (Å²) in [6.07, 6.45) is 1.68. The average Bonchev–Trinajstić information content (AvgIpc) is 3.06. The van der Waals surface area contributed by atoms with Crippen molar-refractivity contribution in [2.75, 3.05) is 52.6 Å². The highest BCUT2D eigenvalue weighted by molar-refractivity contribution is 5.95. The quantitative estimate of drug-likeness (QED) is 0.793. The summed E-state index contributed by atoms with van der Waals surface area (Å²) in [4.78, 5) is 30.3. The third-order valence-corrected chi connectivity index (χ3v) is 6.31. The molecule has 1 aromatic rings. The van der Waals surface area contributed by atoms with E-state index in [0.717, 1.165) is 18.4 Å². The largest absolute Gasteiger partial charge is 0.381 e. The molecule has 0 N–H and O–H groups in total. The Morgan fingerprint density at radius 3 is 2.44 bits per heavy atom. The van der Waals surface area contributed by atoms with E-state index >= 15 is 0 Å². The molecule has 0 aliphatic carbocycles. The number of carbonyl (C=O) groups excluding carboxylic acids is 2. The molecule has 146 valence electrons. The first kappa shape index (κ1) is 18.4. The molecule has 1 spiro atoms. The lowest BCUT2D eigenvalue weighted by Crippen LogP contribution is -2.49. The smallest absolute Gasteiger partial charge is 0.253 e. The summed E-state index contributed by atoms with van der Waals surface area (Å²) < 4.78 is 11.0. The first-order chi connectivity index (χ1) is 13.1. The number of ether oxygens (including phenoxy) is 2. The molecule has 0 aromatic heterocycles. The molecule has 3 heterocycles. The molecule has 0 saturated carbocycles. The summed E-state index contributed by atoms with van der Waals surface area (Å²) >= 11 is 0. The minimum Gasteiger partial charge on any atom is -0.381 e. The molecule has 3 saturated heterocycles. The molecule has 6 nitrogen and oxygen atoms in total. The molecule has 0 unspecified atom stereocenters. The van der Waals surface area contributed by atoms with Crippen molar-refractivity contribution in [2.45, 2.75) is 19.8 Å². The summed E-state index contributed by atoms with van der Waals surface area (Å²) in [6, 6.07) is 7.70. The molecule has 3 aliphatic rings. The van der Waals surface area contributed by atoms with Crippen molar-refractivity contribution < 1.29 is 19.1 Å². The van der Waals surface area contributed by atoms with Crippen LogP contribution in [0.2, 0.25) is 0 Å². The van der Waals surface area contributed by atoms with Gasteiger partial charge in [0.05, 0.1) is 19.1 Å². The van der Waals surface area contributed by atoms with E-state index in [4.69, 9.17) is 9.47 Å². The Kier molecular flexibility index (Phi) is 5.19. The van der Waals surface area contributed by atoms with Gasteiger partial charge < -0.3 is 19.3 Å². The molecule has 1 atom stereocenters. The molecule has 0 bridgehead atoms. The van der Waals surface area contributed by atoms with Crippen LogP contribution in [0.3, 0.4) is 0 Å². The van der Waals surface area contributed by atoms with Crippen LogP contribution in [0.15, 0.2) is 24.3 Å². The zero-order chi connectivity index (χ0) is 18.9. The number of likely N-dealkylation sites (tertiary alicyclic amines) is 1. The average molecular weight is 372 g/mol. The Bertz CT molecular complexity index is 708. The van der Waals surface area contributed by atoms with Gasteiger partial charge in [-0.2, -0.15) is 0 Å². The third-order valence-electron chi connectivity index (χ3n) is 6.31. The Morgan fingerprint density at radius 1 is 1.04 bits per heavy atom. The summed E-state index contributed by atoms with van der Waals surface area (Å²) in [5, 5.41) is 0. The molecular weight excluding hydrogens is 344 g/mol. The second-order valence-corrected chi connectivity index (χ2v) is 8.02. The minimum absolute atomic E-state index is 0.0295. The number of benzene rings is 1. The standard InChI is InChI=1S/C21H28N2O4/c1-16-3-2-4-17(13-16)19(24)23-14-18(20(25)22-7-11-27-12-8-22)21(15-23)5-9-26-10-6-21/h2-4,13,18H,5-12,14-15H2,1H3/t18-/m1/s1. The molecule has 1 aromatic carbocycles. The fourth-order valence-corrected chi connectivity index (χ4v) is 4.71. The number of aryl methyl sites for hydroxylation is 1. The van der Waals surface area contributed by atoms with Gasteiger partial charge >= 0.3 is 0 Å². The second kappa shape index (κ2) is 7.60. The van der Waals surface area contributed by atoms with Crippen LogP contribution in [0, 0.1) is 18.3 Å². The highest BCUT2D eigenvalue weighted by Gasteiger charge is 2.52. The van der Waals surface area contributed by atoms with Crippen molar-refractivity contribution in [3.8, 4) is 0 Å². The zero-order valence-corrected chi connectivity index (χ0v) is 16.0. The highest BCUT2D eigenvalue weighted by atomic mass is 16.5. The zero-order valence-electron chi connectivity index (χ0n) is 16.0. The molecule has 6 heteroatoms. The van der Waals surface area contributed by atoms with Crippen LogP contribution in [0.1, 0.15) is 28.8 Å². The number of morpholine rings is 1. The molecule has 2 amide bonds. The van der Waals surface area contributed by atoms with Gasteiger partial charge in [-0.15, -0.1) is 0 Å². The lowest BCUT2D eigenvalue weighted by Gasteiger charge is -2.39. The van der Waals surface area contributed by atoms with Crippen molar-refractivity contribution in [1.82, 2.24) is 9.80 Å². The summed E-state index contributed by atoms with van der Waals surface area (Å²) in [7, 11) is 0. The first-order valence-electron chi connectivity index (χ1n) is 9.89. The van der Waals surface area contributed by atoms with E-state index < -0.39 is 0 Å². The lowest BCUT2D eigenvalue weighted by molar-refractivity contribution is -0.144. The van der Waals surface area contributed by atoms with Gasteiger partial charge in [0.25, 0.3) is 5.91 Å². The fourth-order valence-electron chi connectivity index (χ4n) is 4.71. The number of amides is 2. The molecule has 4 rings (SSSR count). The second-order valence-electron chi connectivity index (χ2n) is 8.02. The minimum atomic E-state index is -0.160. The lowest BCUT2D eigenvalue weighted by atomic mass is 9.71. The normalized spacial score (nSPS) is 25.0. The Balaban J connectivity index is 1.57. The van der Waals surface area contributed by atoms with E-state index in [-0.39, 0.29) is 23.1 Å². The fraction of sp³-hybridized carbons (Fsp3) is 0.619. The summed E-state index contributed by atoms with van der Waals surface area (Å²) in [5.41, 5.74) is 1.62. The molecule has 27 heavy (non-hydrogen) atoms. The van der Waals surface area contributed by atoms with Crippen LogP contribution >= 0.6 is 0 Å². The van der Waals surface area contributed by atoms with Crippen LogP contribution in [0.25, 0.3) is 0 Å². The van der Waals surface area contributed by atoms with Crippen molar-refractivity contribution in [2.24, 2.45) is 11.3 Å². The molecule has 0 radical (unpaired) electrons. The highest BCUT2D eigenvalue weighted by Crippen LogP contribution is 2.45. The van der Waals surface area contributed by atoms with Gasteiger partial charge in [-0.1, -0.05) is 17.7 Å². The number of hydrogen-bond acceptors (Lipinski definition) is 4. The van der Waals surface area contributed by atoms with Crippen LogP contribution in [0.5, 0.6) is 0 Å². The van der Waals surface area contributed by atoms with E-state index in [9.17, 15) is 9.59 Å². The van der Waals surface area contributed by atoms with Gasteiger partial charge in [0.15, 0.2) is 0 Å². The number of rotatable bonds is 2. The topological polar surface area (TPSA) is 59.1 Å². The molecule has 3 aliphatic heterocycles. The van der Waals surface area contributed by atoms with Crippen molar-refractivity contribution >= 4 is 11.8 Å². The predicted molar refractivity (Wildman–Crippen MR) is 100 cm³/mol. The van der Waals surface area contributed by atoms with Crippen LogP contribution in [-0.4, -0.2) is 74.2 Å². The Labute approximate surface area is 160 Å². The maximum Gasteiger partial charge on any atom is 0.253 e. The van der Waals surface area contributed by atoms with Crippen molar-refractivity contribution in [3.63, 3.8) is 0 Å². The number of hydrogen-bond donors (Lipinski definition) is 0. The van der Waals surface area contributed by atoms with E-state index in [1.165, 1.54) is 0 Å². The number of carbonyl (C=O) groups is 2. The summed E-state index contributed by atoms with van der Waals surface area (Å²) in [6.45, 7) is 6.96. The van der Waals surface area contributed by atoms with Gasteiger partial charge in [-0.3, -0.25) is 9.59 Å². The van der Waals surface area contributed by atoms with E-state index in [2.05, 4.69) is 0 Å². The molecular formula is C21H28N2O4. The van der Waals surface area contributed by atoms with Crippen molar-refractivity contribution in [3.05, 3.63) is 35.4 Å². The third kappa shape index (κ3) is 3.60. The Hall–Kier alpha value is -1.92. The van der Waals surface area contributed by atoms with Gasteiger partial charge in [-0.05, 0) is 31.9 Å². The monoisotopic (exact) mass is 372 g/mol. The van der Waals surface area contributed by atoms with Crippen LogP contribution in [0.4, 0.5) is 0 Å². The van der Waals surface area contributed by atoms with Gasteiger partial charge in [0, 0.05) is 50.4 Å². The first-order valence-corrected chi connectivity index (χ1v) is 9.89. The van der Waals surface area contributed by atoms with E-state index in [1.54, 1.807) is 0 Å². The van der Waals surface area contributed by atoms with E-state index in [0.29, 0.717) is 58.2 Å². The van der Waals surface area contributed by atoms with Gasteiger partial charge in [0.2, 0.25) is 5.91 Å². The van der Waals surface area contributed by atoms with Crippen LogP contribution in [-0.2, 0) is 14.3 Å². The maximum atomic E-state index is 13.3. The summed E-state index contributed by atoms with van der Waals surface area (Å²) in [5.74, 6) is 0.0647. The SMILES string of the molecule is Cc1cccc(C(=O)N2C[C@H](C(=O)N3CCOCC3)C3(CCOCC3)C2)c1. The maximum absolute atomic E-state index is 13.3. The van der Waals surface area contributed by atoms with Gasteiger partial charge in [0.1, 0.15) is 0 Å². The van der Waals surface area contributed by atoms with Crippen molar-refractivity contribution in [1.29, 1.82) is 0 Å². The number of nitrogens with zero attached hydrogens (tertiary/aromatic N) is 2. The predicted octanol–water partition coefficient (Wildman–Crippen LogP) is 1.72.